The number of H-pyrrole nitrogens is 1. The molecule has 3 heterocycles. The van der Waals surface area contributed by atoms with Gasteiger partial charge < -0.3 is 19.5 Å². The molecule has 0 aliphatic carbocycles. The Hall–Kier alpha value is -1.38. The smallest absolute Gasteiger partial charge is 0.270 e. The number of hydrogen-bond donors (Lipinski definition) is 1. The van der Waals surface area contributed by atoms with Crippen LogP contribution in [0.5, 0.6) is 0 Å². The summed E-state index contributed by atoms with van der Waals surface area (Å²) in [5.41, 5.74) is 0.574. The molecule has 8 heteroatoms. The lowest BCUT2D eigenvalue weighted by Gasteiger charge is -2.36. The Morgan fingerprint density at radius 1 is 1.09 bits per heavy atom. The van der Waals surface area contributed by atoms with Crippen molar-refractivity contribution in [1.29, 1.82) is 0 Å². The molecule has 2 aliphatic rings. The molecular weight excluding hydrogens is 364 g/mol. The van der Waals surface area contributed by atoms with E-state index in [1.54, 1.807) is 17.2 Å². The van der Waals surface area contributed by atoms with Crippen molar-refractivity contribution in [3.63, 3.8) is 0 Å². The summed E-state index contributed by atoms with van der Waals surface area (Å²) in [6.07, 6.45) is 1.75. The van der Waals surface area contributed by atoms with Crippen molar-refractivity contribution >= 4 is 27.7 Å². The highest BCUT2D eigenvalue weighted by Crippen LogP contribution is 2.14. The first-order valence-electron chi connectivity index (χ1n) is 7.84. The van der Waals surface area contributed by atoms with Crippen LogP contribution in [0.4, 0.5) is 0 Å². The summed E-state index contributed by atoms with van der Waals surface area (Å²) in [6.45, 7) is 5.80. The first kappa shape index (κ1) is 16.5. The standard InChI is InChI=1S/C15H21BrN4O3/c16-12-9-13(17-10-12)15(22)20-3-1-19(2-4-20)14(21)11-18-5-7-23-8-6-18/h9-10,17H,1-8,11H2. The molecule has 0 unspecified atom stereocenters. The Balaban J connectivity index is 1.47. The molecule has 1 aromatic heterocycles. The van der Waals surface area contributed by atoms with E-state index in [-0.39, 0.29) is 11.8 Å². The van der Waals surface area contributed by atoms with Gasteiger partial charge in [-0.05, 0) is 22.0 Å². The quantitative estimate of drug-likeness (QED) is 0.818. The molecule has 0 aromatic carbocycles. The number of piperazine rings is 1. The summed E-state index contributed by atoms with van der Waals surface area (Å²) in [5.74, 6) is 0.123. The van der Waals surface area contributed by atoms with E-state index in [4.69, 9.17) is 4.74 Å². The maximum Gasteiger partial charge on any atom is 0.270 e. The summed E-state index contributed by atoms with van der Waals surface area (Å²) in [7, 11) is 0. The fourth-order valence-corrected chi connectivity index (χ4v) is 3.21. The van der Waals surface area contributed by atoms with Gasteiger partial charge in [0.05, 0.1) is 19.8 Å². The van der Waals surface area contributed by atoms with Crippen LogP contribution < -0.4 is 0 Å². The predicted octanol–water partition coefficient (Wildman–Crippen LogP) is 0.394. The van der Waals surface area contributed by atoms with E-state index in [0.29, 0.717) is 51.6 Å². The van der Waals surface area contributed by atoms with Crippen LogP contribution in [0, 0.1) is 0 Å². The zero-order valence-electron chi connectivity index (χ0n) is 13.0. The third-order valence-electron chi connectivity index (χ3n) is 4.26. The Morgan fingerprint density at radius 3 is 2.35 bits per heavy atom. The van der Waals surface area contributed by atoms with Crippen molar-refractivity contribution in [3.8, 4) is 0 Å². The zero-order chi connectivity index (χ0) is 16.2. The molecule has 0 bridgehead atoms. The van der Waals surface area contributed by atoms with Gasteiger partial charge in [-0.1, -0.05) is 0 Å². The van der Waals surface area contributed by atoms with Crippen LogP contribution in [-0.2, 0) is 9.53 Å². The van der Waals surface area contributed by atoms with Crippen LogP contribution >= 0.6 is 15.9 Å². The highest BCUT2D eigenvalue weighted by molar-refractivity contribution is 9.10. The minimum atomic E-state index is -0.0176. The molecule has 0 saturated carbocycles. The van der Waals surface area contributed by atoms with Gasteiger partial charge in [0, 0.05) is 49.9 Å². The van der Waals surface area contributed by atoms with Gasteiger partial charge in [-0.25, -0.2) is 0 Å². The molecule has 1 N–H and O–H groups in total. The third kappa shape index (κ3) is 4.13. The second-order valence-electron chi connectivity index (χ2n) is 5.79. The highest BCUT2D eigenvalue weighted by Gasteiger charge is 2.26. The molecule has 2 aliphatic heterocycles. The molecule has 126 valence electrons. The van der Waals surface area contributed by atoms with Crippen LogP contribution in [0.25, 0.3) is 0 Å². The van der Waals surface area contributed by atoms with Crippen LogP contribution in [0.2, 0.25) is 0 Å². The SMILES string of the molecule is O=C(CN1CCOCC1)N1CCN(C(=O)c2cc(Br)c[nH]2)CC1. The lowest BCUT2D eigenvalue weighted by molar-refractivity contribution is -0.134. The van der Waals surface area contributed by atoms with E-state index >= 15 is 0 Å². The van der Waals surface area contributed by atoms with Crippen molar-refractivity contribution in [2.24, 2.45) is 0 Å². The Kier molecular flexibility index (Phi) is 5.34. The molecule has 3 rings (SSSR count). The number of nitrogens with one attached hydrogen (secondary N) is 1. The summed E-state index contributed by atoms with van der Waals surface area (Å²) < 4.78 is 6.16. The lowest BCUT2D eigenvalue weighted by Crippen LogP contribution is -2.53. The molecule has 23 heavy (non-hydrogen) atoms. The van der Waals surface area contributed by atoms with Crippen LogP contribution in [-0.4, -0.2) is 90.5 Å². The minimum absolute atomic E-state index is 0.0176. The predicted molar refractivity (Wildman–Crippen MR) is 88.2 cm³/mol. The van der Waals surface area contributed by atoms with Gasteiger partial charge in [-0.2, -0.15) is 0 Å². The average molecular weight is 385 g/mol. The monoisotopic (exact) mass is 384 g/mol. The molecular formula is C15H21BrN4O3. The summed E-state index contributed by atoms with van der Waals surface area (Å²) >= 11 is 3.33. The maximum absolute atomic E-state index is 12.4. The molecule has 0 spiro atoms. The number of carbonyl (C=O) groups excluding carboxylic acids is 2. The van der Waals surface area contributed by atoms with Crippen molar-refractivity contribution < 1.29 is 14.3 Å². The fourth-order valence-electron chi connectivity index (χ4n) is 2.87. The van der Waals surface area contributed by atoms with Gasteiger partial charge >= 0.3 is 0 Å². The Bertz CT molecular complexity index is 563. The molecule has 2 fully saturated rings. The second-order valence-corrected chi connectivity index (χ2v) is 6.71. The number of aromatic nitrogens is 1. The van der Waals surface area contributed by atoms with Crippen LogP contribution in [0.15, 0.2) is 16.7 Å². The van der Waals surface area contributed by atoms with Crippen molar-refractivity contribution in [3.05, 3.63) is 22.4 Å². The van der Waals surface area contributed by atoms with E-state index < -0.39 is 0 Å². The Labute approximate surface area is 143 Å². The number of rotatable bonds is 3. The molecule has 0 radical (unpaired) electrons. The molecule has 2 amide bonds. The number of nitrogens with zero attached hydrogens (tertiary/aromatic N) is 3. The topological polar surface area (TPSA) is 68.9 Å². The lowest BCUT2D eigenvalue weighted by atomic mass is 10.2. The number of aromatic amines is 1. The minimum Gasteiger partial charge on any atom is -0.379 e. The second kappa shape index (κ2) is 7.46. The third-order valence-corrected chi connectivity index (χ3v) is 4.72. The van der Waals surface area contributed by atoms with Crippen molar-refractivity contribution in [1.82, 2.24) is 19.7 Å². The molecule has 7 nitrogen and oxygen atoms in total. The van der Waals surface area contributed by atoms with Gasteiger partial charge in [0.15, 0.2) is 0 Å². The highest BCUT2D eigenvalue weighted by atomic mass is 79.9. The number of hydrogen-bond acceptors (Lipinski definition) is 4. The number of halogens is 1. The van der Waals surface area contributed by atoms with Gasteiger partial charge in [0.2, 0.25) is 5.91 Å². The maximum atomic E-state index is 12.4. The normalized spacial score (nSPS) is 19.9. The van der Waals surface area contributed by atoms with E-state index in [2.05, 4.69) is 25.8 Å². The van der Waals surface area contributed by atoms with Gasteiger partial charge in [0.25, 0.3) is 5.91 Å². The summed E-state index contributed by atoms with van der Waals surface area (Å²) in [5, 5.41) is 0. The van der Waals surface area contributed by atoms with E-state index in [0.717, 1.165) is 17.6 Å². The van der Waals surface area contributed by atoms with E-state index in [1.807, 2.05) is 4.90 Å². The Morgan fingerprint density at radius 2 is 1.74 bits per heavy atom. The average Bonchev–Trinajstić information content (AvgIpc) is 3.02. The van der Waals surface area contributed by atoms with Gasteiger partial charge in [-0.3, -0.25) is 14.5 Å². The van der Waals surface area contributed by atoms with Crippen molar-refractivity contribution in [2.75, 3.05) is 59.0 Å². The largest absolute Gasteiger partial charge is 0.379 e. The number of morpholine rings is 1. The van der Waals surface area contributed by atoms with Crippen molar-refractivity contribution in [2.45, 2.75) is 0 Å². The molecule has 2 saturated heterocycles. The van der Waals surface area contributed by atoms with Crippen LogP contribution in [0.1, 0.15) is 10.5 Å². The van der Waals surface area contributed by atoms with Crippen LogP contribution in [0.3, 0.4) is 0 Å². The fraction of sp³-hybridized carbons (Fsp3) is 0.600. The first-order chi connectivity index (χ1) is 11.1. The molecule has 1 aromatic rings. The van der Waals surface area contributed by atoms with E-state index in [1.165, 1.54) is 0 Å². The zero-order valence-corrected chi connectivity index (χ0v) is 14.5. The van der Waals surface area contributed by atoms with Gasteiger partial charge in [-0.15, -0.1) is 0 Å². The first-order valence-corrected chi connectivity index (χ1v) is 8.64. The van der Waals surface area contributed by atoms with Gasteiger partial charge in [0.1, 0.15) is 5.69 Å². The number of ether oxygens (including phenoxy) is 1. The number of amides is 2. The molecule has 0 atom stereocenters. The summed E-state index contributed by atoms with van der Waals surface area (Å²) in [4.78, 5) is 33.4. The summed E-state index contributed by atoms with van der Waals surface area (Å²) in [6, 6.07) is 1.78. The van der Waals surface area contributed by atoms with E-state index in [9.17, 15) is 9.59 Å². The number of carbonyl (C=O) groups is 2.